The quantitative estimate of drug-likeness (QED) is 0.197. The molecule has 0 spiro atoms. The van der Waals surface area contributed by atoms with Crippen molar-refractivity contribution in [3.63, 3.8) is 0 Å². The Balaban J connectivity index is 1.41. The van der Waals surface area contributed by atoms with Gasteiger partial charge in [0.1, 0.15) is 23.0 Å². The highest BCUT2D eigenvalue weighted by Gasteiger charge is 2.26. The van der Waals surface area contributed by atoms with Crippen molar-refractivity contribution < 1.29 is 9.47 Å². The monoisotopic (exact) mass is 602 g/mol. The summed E-state index contributed by atoms with van der Waals surface area (Å²) in [5.41, 5.74) is 24.1. The molecule has 0 unspecified atom stereocenters. The summed E-state index contributed by atoms with van der Waals surface area (Å²) in [6.45, 7) is 9.03. The summed E-state index contributed by atoms with van der Waals surface area (Å²) >= 11 is 0. The summed E-state index contributed by atoms with van der Waals surface area (Å²) in [5, 5.41) is 0. The Labute approximate surface area is 270 Å². The Kier molecular flexibility index (Phi) is 9.40. The molecule has 0 saturated heterocycles. The van der Waals surface area contributed by atoms with Crippen LogP contribution in [0.15, 0.2) is 60.7 Å². The second kappa shape index (κ2) is 13.6. The Morgan fingerprint density at radius 1 is 0.511 bits per heavy atom. The summed E-state index contributed by atoms with van der Waals surface area (Å²) in [6, 6.07) is 20.6. The number of nitrogens with two attached hydrogens (primary N) is 2. The molecule has 4 aromatic rings. The SMILES string of the molecule is Cc1c(Cc2cc(C3CCCCC3)c(Oc3ccc(N)cc3)c(C)c2C)cc(C2CCCCC2)c(Oc2ccc(N)cc2)c1C. The summed E-state index contributed by atoms with van der Waals surface area (Å²) < 4.78 is 13.4. The fourth-order valence-corrected chi connectivity index (χ4v) is 7.56. The number of anilines is 2. The first-order valence-electron chi connectivity index (χ1n) is 17.1. The van der Waals surface area contributed by atoms with E-state index >= 15 is 0 Å². The first-order chi connectivity index (χ1) is 21.8. The molecule has 0 radical (unpaired) electrons. The lowest BCUT2D eigenvalue weighted by Gasteiger charge is -2.29. The van der Waals surface area contributed by atoms with Crippen LogP contribution >= 0.6 is 0 Å². The normalized spacial score (nSPS) is 16.1. The van der Waals surface area contributed by atoms with Crippen LogP contribution < -0.4 is 20.9 Å². The molecule has 0 amide bonds. The van der Waals surface area contributed by atoms with E-state index in [0.717, 1.165) is 40.8 Å². The first kappa shape index (κ1) is 31.1. The predicted molar refractivity (Wildman–Crippen MR) is 188 cm³/mol. The lowest BCUT2D eigenvalue weighted by atomic mass is 9.79. The van der Waals surface area contributed by atoms with Gasteiger partial charge in [0.25, 0.3) is 0 Å². The summed E-state index contributed by atoms with van der Waals surface area (Å²) in [7, 11) is 0. The predicted octanol–water partition coefficient (Wildman–Crippen LogP) is 11.4. The molecule has 2 fully saturated rings. The smallest absolute Gasteiger partial charge is 0.134 e. The van der Waals surface area contributed by atoms with Gasteiger partial charge in [0.05, 0.1) is 0 Å². The topological polar surface area (TPSA) is 70.5 Å². The third kappa shape index (κ3) is 6.85. The highest BCUT2D eigenvalue weighted by molar-refractivity contribution is 5.58. The molecular weight excluding hydrogens is 552 g/mol. The molecular formula is C41H50N2O2. The zero-order chi connectivity index (χ0) is 31.5. The summed E-state index contributed by atoms with van der Waals surface area (Å²) in [4.78, 5) is 0. The van der Waals surface area contributed by atoms with E-state index in [0.29, 0.717) is 11.8 Å². The van der Waals surface area contributed by atoms with Gasteiger partial charge in [-0.1, -0.05) is 50.7 Å². The van der Waals surface area contributed by atoms with Crippen LogP contribution in [0.4, 0.5) is 11.4 Å². The maximum absolute atomic E-state index is 6.68. The lowest BCUT2D eigenvalue weighted by molar-refractivity contribution is 0.416. The van der Waals surface area contributed by atoms with Crippen molar-refractivity contribution in [2.45, 2.75) is 110 Å². The van der Waals surface area contributed by atoms with Crippen LogP contribution in [0.5, 0.6) is 23.0 Å². The van der Waals surface area contributed by atoms with Crippen molar-refractivity contribution in [1.29, 1.82) is 0 Å². The van der Waals surface area contributed by atoms with Crippen LogP contribution in [0.2, 0.25) is 0 Å². The molecule has 0 atom stereocenters. The third-order valence-electron chi connectivity index (χ3n) is 10.6. The fraction of sp³-hybridized carbons (Fsp3) is 0.415. The molecule has 0 heterocycles. The molecule has 0 aromatic heterocycles. The maximum Gasteiger partial charge on any atom is 0.134 e. The van der Waals surface area contributed by atoms with E-state index in [2.05, 4.69) is 39.8 Å². The third-order valence-corrected chi connectivity index (χ3v) is 10.6. The van der Waals surface area contributed by atoms with E-state index in [4.69, 9.17) is 20.9 Å². The molecule has 45 heavy (non-hydrogen) atoms. The Morgan fingerprint density at radius 3 is 1.22 bits per heavy atom. The number of rotatable bonds is 8. The molecule has 4 N–H and O–H groups in total. The van der Waals surface area contributed by atoms with Crippen LogP contribution in [0.1, 0.15) is 121 Å². The molecule has 0 bridgehead atoms. The first-order valence-corrected chi connectivity index (χ1v) is 17.1. The van der Waals surface area contributed by atoms with Crippen LogP contribution in [-0.4, -0.2) is 0 Å². The highest BCUT2D eigenvalue weighted by atomic mass is 16.5. The van der Waals surface area contributed by atoms with E-state index in [-0.39, 0.29) is 0 Å². The minimum absolute atomic E-state index is 0.525. The number of nitrogen functional groups attached to an aromatic ring is 2. The van der Waals surface area contributed by atoms with Gasteiger partial charge in [-0.2, -0.15) is 0 Å². The Hall–Kier alpha value is -3.92. The van der Waals surface area contributed by atoms with Gasteiger partial charge in [-0.05, 0) is 165 Å². The van der Waals surface area contributed by atoms with E-state index in [1.165, 1.54) is 109 Å². The van der Waals surface area contributed by atoms with E-state index < -0.39 is 0 Å². The maximum atomic E-state index is 6.68. The second-order valence-electron chi connectivity index (χ2n) is 13.6. The molecule has 4 aromatic carbocycles. The van der Waals surface area contributed by atoms with E-state index in [1.54, 1.807) is 0 Å². The number of hydrogen-bond acceptors (Lipinski definition) is 4. The summed E-state index contributed by atoms with van der Waals surface area (Å²) in [5.74, 6) is 4.81. The van der Waals surface area contributed by atoms with Gasteiger partial charge in [-0.3, -0.25) is 0 Å². The van der Waals surface area contributed by atoms with Crippen LogP contribution in [-0.2, 0) is 6.42 Å². The lowest BCUT2D eigenvalue weighted by Crippen LogP contribution is -2.11. The van der Waals surface area contributed by atoms with Gasteiger partial charge in [0.2, 0.25) is 0 Å². The van der Waals surface area contributed by atoms with Gasteiger partial charge in [0.15, 0.2) is 0 Å². The minimum atomic E-state index is 0.525. The van der Waals surface area contributed by atoms with Gasteiger partial charge in [-0.25, -0.2) is 0 Å². The van der Waals surface area contributed by atoms with Crippen molar-refractivity contribution in [3.8, 4) is 23.0 Å². The molecule has 236 valence electrons. The van der Waals surface area contributed by atoms with Crippen LogP contribution in [0.3, 0.4) is 0 Å². The molecule has 6 rings (SSSR count). The average Bonchev–Trinajstić information content (AvgIpc) is 3.06. The fourth-order valence-electron chi connectivity index (χ4n) is 7.56. The minimum Gasteiger partial charge on any atom is -0.457 e. The number of ether oxygens (including phenoxy) is 2. The van der Waals surface area contributed by atoms with Crippen LogP contribution in [0.25, 0.3) is 0 Å². The molecule has 2 aliphatic rings. The molecule has 0 aliphatic heterocycles. The Bertz CT molecular complexity index is 1500. The van der Waals surface area contributed by atoms with Gasteiger partial charge < -0.3 is 20.9 Å². The molecule has 4 heteroatoms. The number of hydrogen-bond donors (Lipinski definition) is 2. The molecule has 2 aliphatic carbocycles. The van der Waals surface area contributed by atoms with Crippen molar-refractivity contribution in [2.24, 2.45) is 0 Å². The number of benzene rings is 4. The second-order valence-corrected chi connectivity index (χ2v) is 13.6. The average molecular weight is 603 g/mol. The Morgan fingerprint density at radius 2 is 0.867 bits per heavy atom. The van der Waals surface area contributed by atoms with Gasteiger partial charge in [-0.15, -0.1) is 0 Å². The largest absolute Gasteiger partial charge is 0.457 e. The van der Waals surface area contributed by atoms with Gasteiger partial charge >= 0.3 is 0 Å². The van der Waals surface area contributed by atoms with Gasteiger partial charge in [0, 0.05) is 11.4 Å². The van der Waals surface area contributed by atoms with E-state index in [9.17, 15) is 0 Å². The van der Waals surface area contributed by atoms with Crippen LogP contribution in [0, 0.1) is 27.7 Å². The summed E-state index contributed by atoms with van der Waals surface area (Å²) in [6.07, 6.45) is 13.6. The zero-order valence-electron chi connectivity index (χ0n) is 27.7. The van der Waals surface area contributed by atoms with Crippen molar-refractivity contribution in [3.05, 3.63) is 105 Å². The van der Waals surface area contributed by atoms with Crippen molar-refractivity contribution >= 4 is 11.4 Å². The van der Waals surface area contributed by atoms with Crippen molar-refractivity contribution in [2.75, 3.05) is 11.5 Å². The highest BCUT2D eigenvalue weighted by Crippen LogP contribution is 2.46. The standard InChI is InChI=1S/C41H50N2O2/c1-26-28(3)40(44-36-19-15-34(42)16-20-36)38(30-11-7-5-8-12-30)24-32(26)23-33-25-39(31-13-9-6-10-14-31)41(29(4)27(33)2)45-37-21-17-35(43)18-22-37/h15-22,24-25,30-31H,5-14,23,42-43H2,1-4H3. The van der Waals surface area contributed by atoms with E-state index in [1.807, 2.05) is 48.5 Å². The molecule has 4 nitrogen and oxygen atoms in total. The van der Waals surface area contributed by atoms with Crippen molar-refractivity contribution in [1.82, 2.24) is 0 Å². The zero-order valence-corrected chi connectivity index (χ0v) is 27.7. The molecule has 2 saturated carbocycles.